The molecule has 3 aromatic rings. The van der Waals surface area contributed by atoms with E-state index in [-0.39, 0.29) is 4.90 Å². The maximum absolute atomic E-state index is 12.4. The summed E-state index contributed by atoms with van der Waals surface area (Å²) in [6.45, 7) is 0. The first-order chi connectivity index (χ1) is 11.0. The number of aromatic nitrogens is 2. The third kappa shape index (κ3) is 3.34. The SMILES string of the molecule is O=S(=O)(Nn1ncc(Cl)c1-c1ccc(Cl)cc1)c1ccccc1. The summed E-state index contributed by atoms with van der Waals surface area (Å²) in [4.78, 5) is 3.66. The van der Waals surface area contributed by atoms with Gasteiger partial charge in [-0.05, 0) is 24.3 Å². The highest BCUT2D eigenvalue weighted by atomic mass is 35.5. The van der Waals surface area contributed by atoms with E-state index in [2.05, 4.69) is 9.93 Å². The van der Waals surface area contributed by atoms with Crippen LogP contribution in [-0.4, -0.2) is 18.3 Å². The molecule has 0 atom stereocenters. The fraction of sp³-hybridized carbons (Fsp3) is 0. The van der Waals surface area contributed by atoms with Crippen molar-refractivity contribution in [1.29, 1.82) is 0 Å². The molecule has 0 unspecified atom stereocenters. The Morgan fingerprint density at radius 3 is 2.26 bits per heavy atom. The zero-order chi connectivity index (χ0) is 16.4. The third-order valence-corrected chi connectivity index (χ3v) is 4.94. The Hall–Kier alpha value is -2.02. The van der Waals surface area contributed by atoms with E-state index in [9.17, 15) is 8.42 Å². The summed E-state index contributed by atoms with van der Waals surface area (Å²) in [5.74, 6) is 0. The van der Waals surface area contributed by atoms with Crippen LogP contribution in [0, 0.1) is 0 Å². The van der Waals surface area contributed by atoms with Crippen LogP contribution in [0.15, 0.2) is 65.7 Å². The Morgan fingerprint density at radius 1 is 0.957 bits per heavy atom. The molecule has 3 rings (SSSR count). The highest BCUT2D eigenvalue weighted by molar-refractivity contribution is 7.92. The fourth-order valence-corrected chi connectivity index (χ4v) is 3.38. The summed E-state index contributed by atoms with van der Waals surface area (Å²) in [7, 11) is -3.77. The minimum Gasteiger partial charge on any atom is -0.200 e. The molecule has 2 aromatic carbocycles. The van der Waals surface area contributed by atoms with Gasteiger partial charge in [0, 0.05) is 10.6 Å². The molecule has 0 saturated carbocycles. The second kappa shape index (κ2) is 6.23. The zero-order valence-corrected chi connectivity index (χ0v) is 14.0. The fourth-order valence-electron chi connectivity index (χ4n) is 2.03. The molecule has 0 spiro atoms. The monoisotopic (exact) mass is 367 g/mol. The highest BCUT2D eigenvalue weighted by Gasteiger charge is 2.18. The summed E-state index contributed by atoms with van der Waals surface area (Å²) in [6, 6.07) is 14.9. The smallest absolute Gasteiger partial charge is 0.200 e. The Morgan fingerprint density at radius 2 is 1.61 bits per heavy atom. The average Bonchev–Trinajstić information content (AvgIpc) is 2.89. The van der Waals surface area contributed by atoms with E-state index < -0.39 is 10.0 Å². The van der Waals surface area contributed by atoms with Gasteiger partial charge in [-0.2, -0.15) is 23.1 Å². The van der Waals surface area contributed by atoms with Crippen LogP contribution >= 0.6 is 23.2 Å². The number of nitrogens with one attached hydrogen (secondary N) is 1. The Kier molecular flexibility index (Phi) is 4.30. The van der Waals surface area contributed by atoms with Gasteiger partial charge in [-0.15, -0.1) is 0 Å². The molecule has 1 N–H and O–H groups in total. The van der Waals surface area contributed by atoms with E-state index in [0.717, 1.165) is 4.79 Å². The molecule has 5 nitrogen and oxygen atoms in total. The Bertz CT molecular complexity index is 923. The van der Waals surface area contributed by atoms with Gasteiger partial charge in [0.15, 0.2) is 0 Å². The van der Waals surface area contributed by atoms with Crippen molar-refractivity contribution < 1.29 is 8.42 Å². The number of halogens is 2. The minimum atomic E-state index is -3.77. The van der Waals surface area contributed by atoms with Gasteiger partial charge in [-0.25, -0.2) is 0 Å². The number of nitrogens with zero attached hydrogens (tertiary/aromatic N) is 2. The van der Waals surface area contributed by atoms with Crippen molar-refractivity contribution in [2.24, 2.45) is 0 Å². The molecule has 1 aromatic heterocycles. The number of hydrogen-bond acceptors (Lipinski definition) is 3. The van der Waals surface area contributed by atoms with E-state index in [0.29, 0.717) is 21.3 Å². The number of sulfonamides is 1. The predicted octanol–water partition coefficient (Wildman–Crippen LogP) is 3.79. The normalized spacial score (nSPS) is 11.4. The van der Waals surface area contributed by atoms with E-state index in [4.69, 9.17) is 23.2 Å². The summed E-state index contributed by atoms with van der Waals surface area (Å²) in [5, 5.41) is 4.88. The van der Waals surface area contributed by atoms with Crippen LogP contribution in [0.5, 0.6) is 0 Å². The van der Waals surface area contributed by atoms with E-state index in [1.54, 1.807) is 42.5 Å². The molecule has 8 heteroatoms. The first-order valence-electron chi connectivity index (χ1n) is 6.55. The van der Waals surface area contributed by atoms with Gasteiger partial charge in [-0.3, -0.25) is 0 Å². The Balaban J connectivity index is 2.01. The zero-order valence-electron chi connectivity index (χ0n) is 11.6. The largest absolute Gasteiger partial charge is 0.276 e. The van der Waals surface area contributed by atoms with Crippen molar-refractivity contribution in [2.75, 3.05) is 4.83 Å². The topological polar surface area (TPSA) is 64.0 Å². The number of benzene rings is 2. The van der Waals surface area contributed by atoms with Crippen LogP contribution in [0.4, 0.5) is 0 Å². The molecule has 0 aliphatic heterocycles. The molecule has 0 aliphatic carbocycles. The Labute approximate surface area is 143 Å². The molecule has 0 fully saturated rings. The van der Waals surface area contributed by atoms with Crippen molar-refractivity contribution in [2.45, 2.75) is 4.90 Å². The van der Waals surface area contributed by atoms with Crippen molar-refractivity contribution in [3.8, 4) is 11.3 Å². The standard InChI is InChI=1S/C15H11Cl2N3O2S/c16-12-8-6-11(7-9-12)15-14(17)10-18-20(15)19-23(21,22)13-4-2-1-3-5-13/h1-10,19H. The van der Waals surface area contributed by atoms with Crippen molar-refractivity contribution >= 4 is 33.2 Å². The van der Waals surface area contributed by atoms with Crippen LogP contribution < -0.4 is 4.83 Å². The second-order valence-corrected chi connectivity index (χ2v) is 7.17. The lowest BCUT2D eigenvalue weighted by Crippen LogP contribution is -2.25. The van der Waals surface area contributed by atoms with Crippen LogP contribution in [0.25, 0.3) is 11.3 Å². The molecule has 1 heterocycles. The highest BCUT2D eigenvalue weighted by Crippen LogP contribution is 2.28. The maximum Gasteiger partial charge on any atom is 0.276 e. The molecule has 23 heavy (non-hydrogen) atoms. The van der Waals surface area contributed by atoms with Crippen molar-refractivity contribution in [3.63, 3.8) is 0 Å². The first-order valence-corrected chi connectivity index (χ1v) is 8.78. The van der Waals surface area contributed by atoms with E-state index in [1.807, 2.05) is 0 Å². The maximum atomic E-state index is 12.4. The number of rotatable bonds is 4. The van der Waals surface area contributed by atoms with Gasteiger partial charge in [0.2, 0.25) is 0 Å². The van der Waals surface area contributed by atoms with Crippen LogP contribution in [0.1, 0.15) is 0 Å². The molecule has 0 amide bonds. The summed E-state index contributed by atoms with van der Waals surface area (Å²) in [5.41, 5.74) is 1.12. The van der Waals surface area contributed by atoms with Gasteiger partial charge in [0.25, 0.3) is 10.0 Å². The van der Waals surface area contributed by atoms with E-state index in [1.165, 1.54) is 18.3 Å². The van der Waals surface area contributed by atoms with Crippen LogP contribution in [0.3, 0.4) is 0 Å². The van der Waals surface area contributed by atoms with Crippen molar-refractivity contribution in [3.05, 3.63) is 70.8 Å². The van der Waals surface area contributed by atoms with Gasteiger partial charge in [0.05, 0.1) is 16.1 Å². The van der Waals surface area contributed by atoms with Gasteiger partial charge in [0.1, 0.15) is 5.69 Å². The molecule has 0 aliphatic rings. The molecule has 118 valence electrons. The van der Waals surface area contributed by atoms with Crippen LogP contribution in [-0.2, 0) is 10.0 Å². The molecular weight excluding hydrogens is 357 g/mol. The lowest BCUT2D eigenvalue weighted by molar-refractivity contribution is 0.592. The van der Waals surface area contributed by atoms with Gasteiger partial charge >= 0.3 is 0 Å². The first kappa shape index (κ1) is 15.9. The van der Waals surface area contributed by atoms with Gasteiger partial charge < -0.3 is 0 Å². The summed E-state index contributed by atoms with van der Waals surface area (Å²) < 4.78 is 24.8. The van der Waals surface area contributed by atoms with Crippen molar-refractivity contribution in [1.82, 2.24) is 9.89 Å². The quantitative estimate of drug-likeness (QED) is 0.762. The number of hydrogen-bond donors (Lipinski definition) is 1. The third-order valence-electron chi connectivity index (χ3n) is 3.10. The van der Waals surface area contributed by atoms with Gasteiger partial charge in [-0.1, -0.05) is 53.5 Å². The molecule has 0 radical (unpaired) electrons. The lowest BCUT2D eigenvalue weighted by Gasteiger charge is -2.11. The lowest BCUT2D eigenvalue weighted by atomic mass is 10.1. The summed E-state index contributed by atoms with van der Waals surface area (Å²) >= 11 is 12.0. The van der Waals surface area contributed by atoms with E-state index >= 15 is 0 Å². The van der Waals surface area contributed by atoms with Crippen LogP contribution in [0.2, 0.25) is 10.0 Å². The predicted molar refractivity (Wildman–Crippen MR) is 90.7 cm³/mol. The molecular formula is C15H11Cl2N3O2S. The minimum absolute atomic E-state index is 0.133. The summed E-state index contributed by atoms with van der Waals surface area (Å²) in [6.07, 6.45) is 1.37. The molecule has 0 saturated heterocycles. The second-order valence-electron chi connectivity index (χ2n) is 4.67. The average molecular weight is 368 g/mol. The molecule has 0 bridgehead atoms.